The molecule has 5 aromatic rings. The highest BCUT2D eigenvalue weighted by Gasteiger charge is 2.34. The molecule has 2 N–H and O–H groups in total. The number of carbonyl (C=O) groups excluding carboxylic acids is 1. The number of anilines is 4. The highest BCUT2D eigenvalue weighted by Crippen LogP contribution is 2.39. The lowest BCUT2D eigenvalue weighted by Gasteiger charge is -2.37. The van der Waals surface area contributed by atoms with Crippen molar-refractivity contribution in [3.63, 3.8) is 0 Å². The molecule has 0 radical (unpaired) electrons. The summed E-state index contributed by atoms with van der Waals surface area (Å²) in [5, 5.41) is 1.75. The molecule has 1 atom stereocenters. The number of fused-ring (bicyclic) bond motifs is 3. The van der Waals surface area contributed by atoms with Crippen LogP contribution in [0.25, 0.3) is 32.9 Å². The second-order valence-electron chi connectivity index (χ2n) is 14.3. The number of carbonyl (C=O) groups is 1. The third-order valence-corrected chi connectivity index (χ3v) is 11.0. The van der Waals surface area contributed by atoms with E-state index in [4.69, 9.17) is 39.6 Å². The van der Waals surface area contributed by atoms with Crippen molar-refractivity contribution in [1.29, 1.82) is 0 Å². The first-order valence-electron chi connectivity index (χ1n) is 18.9. The minimum absolute atomic E-state index is 0.103. The van der Waals surface area contributed by atoms with Gasteiger partial charge < -0.3 is 44.3 Å². The molecule has 0 bridgehead atoms. The van der Waals surface area contributed by atoms with Crippen molar-refractivity contribution in [2.24, 2.45) is 0 Å². The monoisotopic (exact) mass is 731 g/mol. The Morgan fingerprint density at radius 2 is 1.31 bits per heavy atom. The number of methoxy groups -OCH3 is 2. The Labute approximate surface area is 313 Å². The van der Waals surface area contributed by atoms with E-state index in [1.54, 1.807) is 26.4 Å². The number of nitrogens with zero attached hydrogens (tertiary/aromatic N) is 8. The minimum Gasteiger partial charge on any atom is -0.493 e. The Morgan fingerprint density at radius 1 is 0.667 bits per heavy atom. The van der Waals surface area contributed by atoms with Gasteiger partial charge in [0.05, 0.1) is 25.3 Å². The molecule has 0 aliphatic carbocycles. The normalized spacial score (nSPS) is 18.7. The number of amides is 1. The fraction of sp³-hybridized carbons (Fsp3) is 0.425. The number of piperidine rings is 1. The van der Waals surface area contributed by atoms with Gasteiger partial charge in [-0.05, 0) is 73.6 Å². The Hall–Kier alpha value is -5.79. The Balaban J connectivity index is 0.885. The number of rotatable bonds is 7. The van der Waals surface area contributed by atoms with Crippen LogP contribution < -0.4 is 39.4 Å². The van der Waals surface area contributed by atoms with Gasteiger partial charge in [0.2, 0.25) is 18.0 Å². The quantitative estimate of drug-likeness (QED) is 0.242. The van der Waals surface area contributed by atoms with Gasteiger partial charge in [0.25, 0.3) is 5.91 Å². The third kappa shape index (κ3) is 6.32. The van der Waals surface area contributed by atoms with Crippen LogP contribution in [0.1, 0.15) is 32.1 Å². The van der Waals surface area contributed by atoms with Crippen LogP contribution in [0.2, 0.25) is 0 Å². The summed E-state index contributed by atoms with van der Waals surface area (Å²) in [6.45, 7) is 6.24. The van der Waals surface area contributed by atoms with Crippen LogP contribution in [0, 0.1) is 0 Å². The molecule has 14 heteroatoms. The van der Waals surface area contributed by atoms with Gasteiger partial charge in [0.15, 0.2) is 23.0 Å². The van der Waals surface area contributed by atoms with Crippen molar-refractivity contribution in [3.8, 4) is 34.1 Å². The van der Waals surface area contributed by atoms with Gasteiger partial charge in [0, 0.05) is 69.2 Å². The molecule has 4 aliphatic heterocycles. The first kappa shape index (κ1) is 34.0. The largest absolute Gasteiger partial charge is 0.493 e. The zero-order chi connectivity index (χ0) is 36.8. The Kier molecular flexibility index (Phi) is 8.95. The van der Waals surface area contributed by atoms with Crippen LogP contribution in [0.5, 0.6) is 23.0 Å². The molecule has 280 valence electrons. The predicted molar refractivity (Wildman–Crippen MR) is 208 cm³/mol. The minimum atomic E-state index is -0.736. The van der Waals surface area contributed by atoms with Crippen molar-refractivity contribution in [2.45, 2.75) is 38.2 Å². The first-order valence-corrected chi connectivity index (χ1v) is 18.9. The molecule has 9 rings (SSSR count). The van der Waals surface area contributed by atoms with E-state index in [-0.39, 0.29) is 12.5 Å². The van der Waals surface area contributed by atoms with Gasteiger partial charge in [-0.15, -0.1) is 0 Å². The average molecular weight is 732 g/mol. The van der Waals surface area contributed by atoms with Crippen molar-refractivity contribution in [1.82, 2.24) is 24.8 Å². The van der Waals surface area contributed by atoms with Crippen molar-refractivity contribution >= 4 is 51.2 Å². The Bertz CT molecular complexity index is 2210. The zero-order valence-electron chi connectivity index (χ0n) is 30.8. The van der Waals surface area contributed by atoms with Crippen LogP contribution in [0.15, 0.2) is 48.5 Å². The summed E-state index contributed by atoms with van der Waals surface area (Å²) in [4.78, 5) is 41.7. The SMILES string of the molecule is COc1cc2nc(N3CCN(C(=O)C4COc5cc(-c6ccc7nc(N8CCCC8)nc(N8CCCCC8)c7c6)ccc5O4)CC3)nc(N)c2cc1OC. The maximum Gasteiger partial charge on any atom is 0.267 e. The second-order valence-corrected chi connectivity index (χ2v) is 14.3. The molecular formula is C40H45N9O5. The standard InChI is InChI=1S/C40H45N9O5/c1-51-32-22-27-30(23-33(32)52-2)43-39(44-36(27)41)49-18-16-47(17-19-49)38(50)35-24-53-34-21-26(9-11-31(34)54-35)25-8-10-29-28(20-25)37(46-12-4-3-5-13-46)45-40(42-29)48-14-6-7-15-48/h8-11,20-23,35H,3-7,12-19,24H2,1-2H3,(H2,41,43,44). The topological polar surface area (TPSA) is 145 Å². The molecule has 2 aromatic heterocycles. The number of hydrogen-bond acceptors (Lipinski definition) is 13. The fourth-order valence-electron chi connectivity index (χ4n) is 8.00. The third-order valence-electron chi connectivity index (χ3n) is 11.0. The lowest BCUT2D eigenvalue weighted by atomic mass is 10.0. The molecule has 14 nitrogen and oxygen atoms in total. The van der Waals surface area contributed by atoms with Gasteiger partial charge >= 0.3 is 0 Å². The van der Waals surface area contributed by atoms with Gasteiger partial charge in [-0.25, -0.2) is 9.97 Å². The number of piperazine rings is 1. The lowest BCUT2D eigenvalue weighted by molar-refractivity contribution is -0.141. The molecule has 6 heterocycles. The number of nitrogens with two attached hydrogens (primary N) is 1. The van der Waals surface area contributed by atoms with Crippen molar-refractivity contribution in [2.75, 3.05) is 93.6 Å². The number of aromatic nitrogens is 4. The van der Waals surface area contributed by atoms with Crippen LogP contribution in [-0.2, 0) is 4.79 Å². The molecule has 3 aromatic carbocycles. The molecule has 1 amide bonds. The average Bonchev–Trinajstić information content (AvgIpc) is 3.78. The first-order chi connectivity index (χ1) is 26.4. The van der Waals surface area contributed by atoms with Crippen LogP contribution in [-0.4, -0.2) is 110 Å². The Morgan fingerprint density at radius 3 is 2.09 bits per heavy atom. The van der Waals surface area contributed by atoms with Crippen LogP contribution in [0.4, 0.5) is 23.5 Å². The molecular weight excluding hydrogens is 686 g/mol. The van der Waals surface area contributed by atoms with E-state index in [9.17, 15) is 4.79 Å². The van der Waals surface area contributed by atoms with Gasteiger partial charge in [-0.2, -0.15) is 9.97 Å². The maximum atomic E-state index is 13.7. The summed E-state index contributed by atoms with van der Waals surface area (Å²) in [6, 6.07) is 15.9. The summed E-state index contributed by atoms with van der Waals surface area (Å²) < 4.78 is 23.3. The summed E-state index contributed by atoms with van der Waals surface area (Å²) >= 11 is 0. The van der Waals surface area contributed by atoms with Crippen molar-refractivity contribution < 1.29 is 23.7 Å². The molecule has 3 saturated heterocycles. The summed E-state index contributed by atoms with van der Waals surface area (Å²) in [7, 11) is 3.16. The number of hydrogen-bond donors (Lipinski definition) is 1. The highest BCUT2D eigenvalue weighted by molar-refractivity contribution is 5.94. The molecule has 0 saturated carbocycles. The molecule has 54 heavy (non-hydrogen) atoms. The van der Waals surface area contributed by atoms with E-state index in [0.717, 1.165) is 60.0 Å². The lowest BCUT2D eigenvalue weighted by Crippen LogP contribution is -2.54. The summed E-state index contributed by atoms with van der Waals surface area (Å²) in [5.41, 5.74) is 10.0. The molecule has 0 spiro atoms. The fourth-order valence-corrected chi connectivity index (χ4v) is 8.00. The molecule has 4 aliphatic rings. The van der Waals surface area contributed by atoms with Crippen LogP contribution in [0.3, 0.4) is 0 Å². The second kappa shape index (κ2) is 14.2. The zero-order valence-corrected chi connectivity index (χ0v) is 30.8. The van der Waals surface area contributed by atoms with E-state index in [1.165, 1.54) is 32.1 Å². The van der Waals surface area contributed by atoms with E-state index in [0.29, 0.717) is 71.8 Å². The van der Waals surface area contributed by atoms with Crippen LogP contribution >= 0.6 is 0 Å². The van der Waals surface area contributed by atoms with Gasteiger partial charge in [-0.3, -0.25) is 4.79 Å². The van der Waals surface area contributed by atoms with E-state index < -0.39 is 6.10 Å². The number of benzene rings is 3. The van der Waals surface area contributed by atoms with E-state index in [1.807, 2.05) is 28.0 Å². The number of ether oxygens (including phenoxy) is 4. The van der Waals surface area contributed by atoms with E-state index in [2.05, 4.69) is 33.0 Å². The maximum absolute atomic E-state index is 13.7. The van der Waals surface area contributed by atoms with Crippen molar-refractivity contribution in [3.05, 3.63) is 48.5 Å². The highest BCUT2D eigenvalue weighted by atomic mass is 16.6. The van der Waals surface area contributed by atoms with Gasteiger partial charge in [0.1, 0.15) is 18.2 Å². The van der Waals surface area contributed by atoms with E-state index >= 15 is 0 Å². The summed E-state index contributed by atoms with van der Waals surface area (Å²) in [5.74, 6) is 4.93. The predicted octanol–water partition coefficient (Wildman–Crippen LogP) is 4.92. The summed E-state index contributed by atoms with van der Waals surface area (Å²) in [6.07, 6.45) is 5.24. The smallest absolute Gasteiger partial charge is 0.267 e. The molecule has 1 unspecified atom stereocenters. The van der Waals surface area contributed by atoms with Gasteiger partial charge in [-0.1, -0.05) is 12.1 Å². The molecule has 3 fully saturated rings. The number of nitrogen functional groups attached to an aromatic ring is 1.